The van der Waals surface area contributed by atoms with Crippen molar-refractivity contribution in [2.24, 2.45) is 0 Å². The van der Waals surface area contributed by atoms with Crippen molar-refractivity contribution in [2.75, 3.05) is 34.2 Å². The van der Waals surface area contributed by atoms with E-state index in [9.17, 15) is 0 Å². The van der Waals surface area contributed by atoms with Crippen LogP contribution in [0.15, 0.2) is 96.8 Å². The van der Waals surface area contributed by atoms with Gasteiger partial charge in [-0.05, 0) is 106 Å². The van der Waals surface area contributed by atoms with Gasteiger partial charge >= 0.3 is 0 Å². The average Bonchev–Trinajstić information content (AvgIpc) is 3.93. The van der Waals surface area contributed by atoms with Crippen LogP contribution in [0, 0.1) is 0 Å². The summed E-state index contributed by atoms with van der Waals surface area (Å²) in [5, 5.41) is 0. The highest BCUT2D eigenvalue weighted by Crippen LogP contribution is 2.43. The number of ether oxygens (including phenoxy) is 14. The molecular weight excluding hydrogens is 933 g/mol. The summed E-state index contributed by atoms with van der Waals surface area (Å²) in [5.74, 6) is 1.77. The molecule has 8 aliphatic heterocycles. The van der Waals surface area contributed by atoms with E-state index in [0.29, 0.717) is 39.6 Å². The van der Waals surface area contributed by atoms with Crippen LogP contribution < -0.4 is 4.74 Å². The minimum atomic E-state index is -0.391. The van der Waals surface area contributed by atoms with Crippen molar-refractivity contribution in [1.82, 2.24) is 0 Å². The quantitative estimate of drug-likeness (QED) is 0.0998. The van der Waals surface area contributed by atoms with E-state index in [0.717, 1.165) is 118 Å². The maximum absolute atomic E-state index is 7.32. The minimum absolute atomic E-state index is 0.0261. The summed E-state index contributed by atoms with van der Waals surface area (Å²) >= 11 is 0. The van der Waals surface area contributed by atoms with E-state index in [1.165, 1.54) is 0 Å². The van der Waals surface area contributed by atoms with Gasteiger partial charge in [-0.2, -0.15) is 0 Å². The van der Waals surface area contributed by atoms with E-state index in [1.807, 2.05) is 36.4 Å². The molecule has 7 fully saturated rings. The number of methoxy groups -OCH3 is 2. The first-order valence-electron chi connectivity index (χ1n) is 27.6. The second kappa shape index (κ2) is 25.1. The van der Waals surface area contributed by atoms with Crippen LogP contribution in [0.1, 0.15) is 119 Å². The zero-order valence-electron chi connectivity index (χ0n) is 42.8. The SMILES string of the molecule is COCOCCC[C@@H]1O[C@@H]2CC[C@@H]3O[C@@H]4CC[C@@H]5OC(CC6=CCC[C@@H]7O[C@@H]8CO[C@H](c9ccccc9)O[C@H]8CC[C@H]7O6)[C@@H](OCc6ccc(OC)cc6)CC[C@H]5O[C@H]4C[C@H]3O[C@H]2C[C@H]1OCc1ccccc1. The van der Waals surface area contributed by atoms with Gasteiger partial charge in [-0.1, -0.05) is 72.8 Å². The van der Waals surface area contributed by atoms with Crippen LogP contribution in [0.5, 0.6) is 5.75 Å². The molecule has 0 aliphatic carbocycles. The van der Waals surface area contributed by atoms with E-state index in [2.05, 4.69) is 54.6 Å². The fraction of sp³-hybridized carbons (Fsp3) is 0.661. The standard InChI is InChI=1S/C59H78O14/c1-60-37-62-30-10-17-45-53(64-34-38-11-5-3-6-12-38)32-55-49(67-45)27-28-51-57(72-55)33-56-50(68-51)26-25-48-47(70-56)23-22-43(63-35-39-18-20-41(61-2)21-19-39)54(69-48)31-42-15-9-16-44-46(66-42)24-29-52-58(71-44)36-65-59(73-52)40-13-7-4-8-14-40/h3-8,11-15,18-21,43-59H,9-10,16-17,22-37H2,1-2H3/t43-,44-,45-,46+,47+,48-,49+,50+,51-,52-,53+,54?,55-,56-,57+,58+,59-/m0/s1. The van der Waals surface area contributed by atoms with Crippen LogP contribution in [-0.2, 0) is 74.8 Å². The molecule has 7 saturated heterocycles. The number of rotatable bonds is 16. The molecule has 0 bridgehead atoms. The summed E-state index contributed by atoms with van der Waals surface area (Å²) in [7, 11) is 3.34. The normalized spacial score (nSPS) is 37.5. The predicted molar refractivity (Wildman–Crippen MR) is 269 cm³/mol. The smallest absolute Gasteiger partial charge is 0.184 e. The Bertz CT molecular complexity index is 2160. The van der Waals surface area contributed by atoms with Crippen molar-refractivity contribution in [2.45, 2.75) is 213 Å². The Kier molecular flexibility index (Phi) is 17.8. The highest BCUT2D eigenvalue weighted by atomic mass is 16.7. The first-order valence-corrected chi connectivity index (χ1v) is 27.6. The fourth-order valence-corrected chi connectivity index (χ4v) is 12.6. The van der Waals surface area contributed by atoms with Crippen LogP contribution >= 0.6 is 0 Å². The molecule has 3 aromatic carbocycles. The van der Waals surface area contributed by atoms with Gasteiger partial charge in [-0.15, -0.1) is 0 Å². The summed E-state index contributed by atoms with van der Waals surface area (Å²) in [5.41, 5.74) is 3.26. The molecule has 0 saturated carbocycles. The monoisotopic (exact) mass is 1010 g/mol. The largest absolute Gasteiger partial charge is 0.497 e. The third-order valence-corrected chi connectivity index (χ3v) is 16.5. The molecule has 0 radical (unpaired) electrons. The van der Waals surface area contributed by atoms with Gasteiger partial charge in [0, 0.05) is 38.5 Å². The maximum atomic E-state index is 7.32. The van der Waals surface area contributed by atoms with E-state index in [-0.39, 0.29) is 97.7 Å². The molecule has 17 atom stereocenters. The van der Waals surface area contributed by atoms with Crippen molar-refractivity contribution in [3.63, 3.8) is 0 Å². The Morgan fingerprint density at radius 2 is 1.08 bits per heavy atom. The van der Waals surface area contributed by atoms with Gasteiger partial charge in [0.2, 0.25) is 0 Å². The molecule has 1 unspecified atom stereocenters. The zero-order valence-corrected chi connectivity index (χ0v) is 42.8. The topological polar surface area (TPSA) is 129 Å². The fourth-order valence-electron chi connectivity index (χ4n) is 12.6. The van der Waals surface area contributed by atoms with Crippen molar-refractivity contribution >= 4 is 0 Å². The molecule has 14 heteroatoms. The summed E-state index contributed by atoms with van der Waals surface area (Å²) in [4.78, 5) is 0. The van der Waals surface area contributed by atoms with Crippen LogP contribution in [0.4, 0.5) is 0 Å². The Morgan fingerprint density at radius 1 is 0.507 bits per heavy atom. The average molecular weight is 1010 g/mol. The second-order valence-corrected chi connectivity index (χ2v) is 21.4. The molecule has 0 aromatic heterocycles. The number of hydrogen-bond acceptors (Lipinski definition) is 14. The van der Waals surface area contributed by atoms with E-state index >= 15 is 0 Å². The predicted octanol–water partition coefficient (Wildman–Crippen LogP) is 9.64. The molecule has 0 amide bonds. The van der Waals surface area contributed by atoms with Crippen molar-refractivity contribution in [3.05, 3.63) is 113 Å². The molecule has 11 rings (SSSR count). The Balaban J connectivity index is 0.747. The Labute approximate surface area is 431 Å². The van der Waals surface area contributed by atoms with Crippen molar-refractivity contribution < 1.29 is 66.3 Å². The van der Waals surface area contributed by atoms with Gasteiger partial charge in [-0.3, -0.25) is 0 Å². The molecule has 3 aromatic rings. The molecule has 0 spiro atoms. The molecule has 398 valence electrons. The third kappa shape index (κ3) is 13.0. The van der Waals surface area contributed by atoms with Gasteiger partial charge in [-0.25, -0.2) is 0 Å². The van der Waals surface area contributed by atoms with Crippen molar-refractivity contribution in [3.8, 4) is 5.75 Å². The number of benzene rings is 3. The molecule has 8 aliphatic rings. The lowest BCUT2D eigenvalue weighted by Crippen LogP contribution is -2.52. The van der Waals surface area contributed by atoms with Crippen LogP contribution in [0.2, 0.25) is 0 Å². The van der Waals surface area contributed by atoms with Crippen LogP contribution in [0.25, 0.3) is 0 Å². The minimum Gasteiger partial charge on any atom is -0.497 e. The maximum Gasteiger partial charge on any atom is 0.184 e. The van der Waals surface area contributed by atoms with Crippen molar-refractivity contribution in [1.29, 1.82) is 0 Å². The molecule has 14 nitrogen and oxygen atoms in total. The highest BCUT2D eigenvalue weighted by molar-refractivity contribution is 5.27. The molecule has 73 heavy (non-hydrogen) atoms. The first kappa shape index (κ1) is 51.6. The van der Waals surface area contributed by atoms with E-state index < -0.39 is 6.29 Å². The zero-order chi connectivity index (χ0) is 49.3. The lowest BCUT2D eigenvalue weighted by molar-refractivity contribution is -0.270. The van der Waals surface area contributed by atoms with Gasteiger partial charge in [0.05, 0.1) is 118 Å². The lowest BCUT2D eigenvalue weighted by Gasteiger charge is -2.43. The van der Waals surface area contributed by atoms with Crippen LogP contribution in [-0.4, -0.2) is 132 Å². The van der Waals surface area contributed by atoms with E-state index in [1.54, 1.807) is 14.2 Å². The Morgan fingerprint density at radius 3 is 1.84 bits per heavy atom. The van der Waals surface area contributed by atoms with Gasteiger partial charge in [0.25, 0.3) is 0 Å². The summed E-state index contributed by atoms with van der Waals surface area (Å²) in [6.45, 7) is 2.39. The molecular formula is C59H78O14. The lowest BCUT2D eigenvalue weighted by atomic mass is 9.92. The first-order chi connectivity index (χ1) is 36.0. The van der Waals surface area contributed by atoms with Gasteiger partial charge in [0.1, 0.15) is 24.8 Å². The Hall–Kier alpha value is -3.48. The summed E-state index contributed by atoms with van der Waals surface area (Å²) in [6, 6.07) is 28.7. The van der Waals surface area contributed by atoms with Gasteiger partial charge in [0.15, 0.2) is 6.29 Å². The van der Waals surface area contributed by atoms with E-state index in [4.69, 9.17) is 66.3 Å². The van der Waals surface area contributed by atoms with Crippen LogP contribution in [0.3, 0.4) is 0 Å². The number of hydrogen-bond donors (Lipinski definition) is 0. The number of fused-ring (bicyclic) bond motifs is 6. The second-order valence-electron chi connectivity index (χ2n) is 21.4. The van der Waals surface area contributed by atoms with Gasteiger partial charge < -0.3 is 66.3 Å². The number of allylic oxidation sites excluding steroid dienone is 1. The summed E-state index contributed by atoms with van der Waals surface area (Å²) in [6.07, 6.45) is 12.6. The third-order valence-electron chi connectivity index (χ3n) is 16.5. The molecule has 8 heterocycles. The highest BCUT2D eigenvalue weighted by Gasteiger charge is 2.50. The summed E-state index contributed by atoms with van der Waals surface area (Å²) < 4.78 is 91.9. The molecule has 0 N–H and O–H groups in total.